The number of carboxylic acids is 1. The molecule has 1 aromatic heterocycles. The van der Waals surface area contributed by atoms with E-state index in [-0.39, 0.29) is 10.0 Å². The molecule has 0 aliphatic carbocycles. The molecule has 1 saturated heterocycles. The average molecular weight is 291 g/mol. The molecule has 0 amide bonds. The SMILES string of the molecule is CCOC1CCN(c2nc(Cl)c(C(=O)O)s2)CC1. The third kappa shape index (κ3) is 2.93. The fraction of sp³-hybridized carbons (Fsp3) is 0.636. The van der Waals surface area contributed by atoms with E-state index in [1.54, 1.807) is 0 Å². The number of thiazole rings is 1. The minimum Gasteiger partial charge on any atom is -0.477 e. The maximum absolute atomic E-state index is 10.9. The second-order valence-electron chi connectivity index (χ2n) is 4.06. The number of aromatic carboxylic acids is 1. The van der Waals surface area contributed by atoms with E-state index < -0.39 is 5.97 Å². The molecular weight excluding hydrogens is 276 g/mol. The van der Waals surface area contributed by atoms with Crippen LogP contribution in [0.5, 0.6) is 0 Å². The highest BCUT2D eigenvalue weighted by molar-refractivity contribution is 7.18. The molecule has 0 radical (unpaired) electrons. The highest BCUT2D eigenvalue weighted by Gasteiger charge is 2.24. The predicted octanol–water partition coefficient (Wildman–Crippen LogP) is 2.50. The van der Waals surface area contributed by atoms with Crippen LogP contribution in [0, 0.1) is 0 Å². The minimum absolute atomic E-state index is 0.0782. The van der Waals surface area contributed by atoms with Crippen LogP contribution >= 0.6 is 22.9 Å². The van der Waals surface area contributed by atoms with E-state index in [4.69, 9.17) is 21.4 Å². The Morgan fingerprint density at radius 1 is 1.61 bits per heavy atom. The van der Waals surface area contributed by atoms with Gasteiger partial charge in [0.05, 0.1) is 6.10 Å². The molecule has 18 heavy (non-hydrogen) atoms. The molecular formula is C11H15ClN2O3S. The Hall–Kier alpha value is -0.850. The number of carbonyl (C=O) groups is 1. The maximum atomic E-state index is 10.9. The first-order chi connectivity index (χ1) is 8.61. The van der Waals surface area contributed by atoms with Crippen molar-refractivity contribution in [2.24, 2.45) is 0 Å². The lowest BCUT2D eigenvalue weighted by atomic mass is 10.1. The molecule has 5 nitrogen and oxygen atoms in total. The van der Waals surface area contributed by atoms with Crippen molar-refractivity contribution in [3.05, 3.63) is 10.0 Å². The van der Waals surface area contributed by atoms with Crippen LogP contribution in [0.3, 0.4) is 0 Å². The zero-order chi connectivity index (χ0) is 13.1. The summed E-state index contributed by atoms with van der Waals surface area (Å²) in [4.78, 5) is 17.2. The summed E-state index contributed by atoms with van der Waals surface area (Å²) < 4.78 is 5.57. The first kappa shape index (κ1) is 13.6. The van der Waals surface area contributed by atoms with Crippen molar-refractivity contribution in [3.8, 4) is 0 Å². The summed E-state index contributed by atoms with van der Waals surface area (Å²) in [5, 5.41) is 9.70. The largest absolute Gasteiger partial charge is 0.477 e. The van der Waals surface area contributed by atoms with Crippen molar-refractivity contribution in [1.29, 1.82) is 0 Å². The summed E-state index contributed by atoms with van der Waals surface area (Å²) in [6.07, 6.45) is 2.18. The average Bonchev–Trinajstić information content (AvgIpc) is 2.73. The van der Waals surface area contributed by atoms with Gasteiger partial charge in [0.15, 0.2) is 15.2 Å². The molecule has 1 aromatic rings. The Morgan fingerprint density at radius 2 is 2.28 bits per heavy atom. The third-order valence-electron chi connectivity index (χ3n) is 2.88. The van der Waals surface area contributed by atoms with Gasteiger partial charge in [-0.15, -0.1) is 0 Å². The maximum Gasteiger partial charge on any atom is 0.349 e. The van der Waals surface area contributed by atoms with Crippen LogP contribution in [-0.4, -0.2) is 41.9 Å². The van der Waals surface area contributed by atoms with Gasteiger partial charge in [0.25, 0.3) is 0 Å². The van der Waals surface area contributed by atoms with Crippen LogP contribution < -0.4 is 4.90 Å². The number of anilines is 1. The van der Waals surface area contributed by atoms with Crippen molar-refractivity contribution in [1.82, 2.24) is 4.98 Å². The summed E-state index contributed by atoms with van der Waals surface area (Å²) in [5.41, 5.74) is 0. The Kier molecular flexibility index (Phi) is 4.42. The van der Waals surface area contributed by atoms with Gasteiger partial charge in [0, 0.05) is 19.7 Å². The lowest BCUT2D eigenvalue weighted by Crippen LogP contribution is -2.36. The summed E-state index contributed by atoms with van der Waals surface area (Å²) in [6, 6.07) is 0. The van der Waals surface area contributed by atoms with E-state index in [1.165, 1.54) is 0 Å². The van der Waals surface area contributed by atoms with Gasteiger partial charge < -0.3 is 14.7 Å². The van der Waals surface area contributed by atoms with Gasteiger partial charge in [-0.1, -0.05) is 22.9 Å². The van der Waals surface area contributed by atoms with Crippen molar-refractivity contribution < 1.29 is 14.6 Å². The number of ether oxygens (including phenoxy) is 1. The van der Waals surface area contributed by atoms with E-state index >= 15 is 0 Å². The molecule has 7 heteroatoms. The Labute approximate surface area is 114 Å². The zero-order valence-corrected chi connectivity index (χ0v) is 11.6. The van der Waals surface area contributed by atoms with Crippen LogP contribution in [0.25, 0.3) is 0 Å². The monoisotopic (exact) mass is 290 g/mol. The number of halogens is 1. The molecule has 1 aliphatic heterocycles. The second-order valence-corrected chi connectivity index (χ2v) is 5.40. The van der Waals surface area contributed by atoms with Crippen molar-refractivity contribution >= 4 is 34.0 Å². The first-order valence-electron chi connectivity index (χ1n) is 5.88. The molecule has 0 atom stereocenters. The first-order valence-corrected chi connectivity index (χ1v) is 7.07. The van der Waals surface area contributed by atoms with Crippen LogP contribution in [0.2, 0.25) is 5.15 Å². The molecule has 0 aromatic carbocycles. The highest BCUT2D eigenvalue weighted by Crippen LogP contribution is 2.31. The van der Waals surface area contributed by atoms with Gasteiger partial charge in [-0.3, -0.25) is 0 Å². The molecule has 0 spiro atoms. The van der Waals surface area contributed by atoms with Gasteiger partial charge in [-0.2, -0.15) is 0 Å². The van der Waals surface area contributed by atoms with Crippen LogP contribution in [0.1, 0.15) is 29.4 Å². The molecule has 1 aliphatic rings. The van der Waals surface area contributed by atoms with E-state index in [9.17, 15) is 4.79 Å². The summed E-state index contributed by atoms with van der Waals surface area (Å²) >= 11 is 6.94. The molecule has 1 fully saturated rings. The van der Waals surface area contributed by atoms with Crippen molar-refractivity contribution in [2.45, 2.75) is 25.9 Å². The van der Waals surface area contributed by atoms with Gasteiger partial charge in [-0.05, 0) is 19.8 Å². The summed E-state index contributed by atoms with van der Waals surface area (Å²) in [7, 11) is 0. The molecule has 0 bridgehead atoms. The number of piperidine rings is 1. The van der Waals surface area contributed by atoms with Gasteiger partial charge in [0.1, 0.15) is 0 Å². The number of nitrogens with zero attached hydrogens (tertiary/aromatic N) is 2. The quantitative estimate of drug-likeness (QED) is 0.923. The number of hydrogen-bond donors (Lipinski definition) is 1. The van der Waals surface area contributed by atoms with Gasteiger partial charge in [0.2, 0.25) is 0 Å². The van der Waals surface area contributed by atoms with Crippen LogP contribution in [0.4, 0.5) is 5.13 Å². The van der Waals surface area contributed by atoms with Gasteiger partial charge >= 0.3 is 5.97 Å². The van der Waals surface area contributed by atoms with E-state index in [0.29, 0.717) is 11.2 Å². The number of rotatable bonds is 4. The lowest BCUT2D eigenvalue weighted by molar-refractivity contribution is 0.0459. The van der Waals surface area contributed by atoms with Crippen molar-refractivity contribution in [2.75, 3.05) is 24.6 Å². The molecule has 1 N–H and O–H groups in total. The predicted molar refractivity (Wildman–Crippen MR) is 70.9 cm³/mol. The third-order valence-corrected chi connectivity index (χ3v) is 4.37. The summed E-state index contributed by atoms with van der Waals surface area (Å²) in [6.45, 7) is 4.38. The number of hydrogen-bond acceptors (Lipinski definition) is 5. The van der Waals surface area contributed by atoms with Gasteiger partial charge in [-0.25, -0.2) is 9.78 Å². The standard InChI is InChI=1S/C11H15ClN2O3S/c1-2-17-7-3-5-14(6-4-7)11-13-9(12)8(18-11)10(15)16/h7H,2-6H2,1H3,(H,15,16). The summed E-state index contributed by atoms with van der Waals surface area (Å²) in [5.74, 6) is -1.02. The normalized spacial score (nSPS) is 17.1. The second kappa shape index (κ2) is 5.86. The Balaban J connectivity index is 2.01. The van der Waals surface area contributed by atoms with Crippen LogP contribution in [0.15, 0.2) is 0 Å². The minimum atomic E-state index is -1.02. The van der Waals surface area contributed by atoms with Crippen molar-refractivity contribution in [3.63, 3.8) is 0 Å². The molecule has 2 heterocycles. The van der Waals surface area contributed by atoms with Crippen LogP contribution in [-0.2, 0) is 4.74 Å². The zero-order valence-electron chi connectivity index (χ0n) is 10.1. The lowest BCUT2D eigenvalue weighted by Gasteiger charge is -2.31. The molecule has 100 valence electrons. The van der Waals surface area contributed by atoms with E-state index in [1.807, 2.05) is 6.92 Å². The Morgan fingerprint density at radius 3 is 2.78 bits per heavy atom. The topological polar surface area (TPSA) is 62.7 Å². The fourth-order valence-corrected chi connectivity index (χ4v) is 3.18. The fourth-order valence-electron chi connectivity index (χ4n) is 2.01. The Bertz CT molecular complexity index is 430. The molecule has 0 unspecified atom stereocenters. The smallest absolute Gasteiger partial charge is 0.349 e. The van der Waals surface area contributed by atoms with E-state index in [0.717, 1.165) is 43.9 Å². The van der Waals surface area contributed by atoms with E-state index in [2.05, 4.69) is 9.88 Å². The molecule has 2 rings (SSSR count). The highest BCUT2D eigenvalue weighted by atomic mass is 35.5. The number of carboxylic acid groups (broad SMARTS) is 1. The number of aromatic nitrogens is 1. The molecule has 0 saturated carbocycles.